The number of carboxylic acids is 1. The van der Waals surface area contributed by atoms with Crippen LogP contribution in [-0.2, 0) is 53.2 Å². The van der Waals surface area contributed by atoms with E-state index in [-0.39, 0.29) is 44.0 Å². The third-order valence-electron chi connectivity index (χ3n) is 8.28. The lowest BCUT2D eigenvalue weighted by Crippen LogP contribution is -2.61. The van der Waals surface area contributed by atoms with Gasteiger partial charge in [0.1, 0.15) is 37.9 Å². The van der Waals surface area contributed by atoms with E-state index in [0.29, 0.717) is 58.0 Å². The van der Waals surface area contributed by atoms with Crippen LogP contribution in [0, 0.1) is 0 Å². The van der Waals surface area contributed by atoms with Crippen molar-refractivity contribution in [2.24, 2.45) is 5.73 Å². The van der Waals surface area contributed by atoms with Crippen LogP contribution in [0.1, 0.15) is 68.1 Å². The number of alkyl carbamates (subject to hydrolysis) is 2. The number of ether oxygens (including phenoxy) is 3. The number of hydrogen-bond acceptors (Lipinski definition) is 10. The summed E-state index contributed by atoms with van der Waals surface area (Å²) >= 11 is 0. The summed E-state index contributed by atoms with van der Waals surface area (Å²) in [5.41, 5.74) is 8.06. The lowest BCUT2D eigenvalue weighted by molar-refractivity contribution is -0.145. The largest absolute Gasteiger partial charge is 0.480 e. The Bertz CT molecular complexity index is 1550. The number of hydrogen-bond donors (Lipinski definition) is 6. The fourth-order valence-electron chi connectivity index (χ4n) is 5.19. The van der Waals surface area contributed by atoms with Gasteiger partial charge in [0.15, 0.2) is 0 Å². The number of benzene rings is 3. The van der Waals surface area contributed by atoms with Gasteiger partial charge in [0, 0.05) is 19.5 Å². The number of carbonyl (C=O) groups is 6. The van der Waals surface area contributed by atoms with Gasteiger partial charge in [0.2, 0.25) is 11.8 Å². The van der Waals surface area contributed by atoms with Crippen LogP contribution < -0.4 is 27.0 Å². The van der Waals surface area contributed by atoms with Gasteiger partial charge in [-0.2, -0.15) is 0 Å². The van der Waals surface area contributed by atoms with E-state index in [0.717, 1.165) is 16.7 Å². The summed E-state index contributed by atoms with van der Waals surface area (Å²) in [4.78, 5) is 70.2. The molecule has 1 aliphatic heterocycles. The van der Waals surface area contributed by atoms with Crippen LogP contribution >= 0.6 is 0 Å². The first-order chi connectivity index (χ1) is 26.6. The number of nitrogens with one attached hydrogen (secondary N) is 4. The third kappa shape index (κ3) is 18.6. The first-order valence-corrected chi connectivity index (χ1v) is 18.3. The number of rotatable bonds is 20. The summed E-state index contributed by atoms with van der Waals surface area (Å²) in [6, 6.07) is 26.0. The number of carboxylic acid groups (broad SMARTS) is 1. The minimum Gasteiger partial charge on any atom is -0.480 e. The molecule has 1 fully saturated rings. The molecule has 0 saturated carbocycles. The van der Waals surface area contributed by atoms with Crippen LogP contribution in [0.3, 0.4) is 0 Å². The molecule has 3 aromatic rings. The molecule has 3 aromatic carbocycles. The second kappa shape index (κ2) is 25.1. The number of piperazine rings is 1. The molecule has 55 heavy (non-hydrogen) atoms. The van der Waals surface area contributed by atoms with Gasteiger partial charge < -0.3 is 46.3 Å². The molecule has 15 nitrogen and oxygen atoms in total. The van der Waals surface area contributed by atoms with Crippen molar-refractivity contribution in [2.75, 3.05) is 13.1 Å². The number of esters is 1. The second-order valence-electron chi connectivity index (χ2n) is 12.7. The number of aliphatic carboxylic acids is 1. The number of carbonyl (C=O) groups excluding carboxylic acids is 5. The lowest BCUT2D eigenvalue weighted by Gasteiger charge is -2.29. The summed E-state index contributed by atoms with van der Waals surface area (Å²) in [6.07, 6.45) is 2.56. The van der Waals surface area contributed by atoms with Crippen molar-refractivity contribution in [1.29, 1.82) is 0 Å². The maximum Gasteiger partial charge on any atom is 0.407 e. The van der Waals surface area contributed by atoms with E-state index in [1.165, 1.54) is 0 Å². The average molecular weight is 762 g/mol. The highest BCUT2D eigenvalue weighted by atomic mass is 16.6. The molecule has 0 bridgehead atoms. The summed E-state index contributed by atoms with van der Waals surface area (Å²) in [5.74, 6) is -1.80. The summed E-state index contributed by atoms with van der Waals surface area (Å²) < 4.78 is 15.4. The van der Waals surface area contributed by atoms with Crippen LogP contribution in [0.4, 0.5) is 9.59 Å². The van der Waals surface area contributed by atoms with Crippen LogP contribution in [0.2, 0.25) is 0 Å². The molecule has 4 amide bonds. The third-order valence-corrected chi connectivity index (χ3v) is 8.28. The minimum atomic E-state index is -1.04. The van der Waals surface area contributed by atoms with Gasteiger partial charge in [-0.15, -0.1) is 0 Å². The van der Waals surface area contributed by atoms with Crippen molar-refractivity contribution in [1.82, 2.24) is 21.3 Å². The van der Waals surface area contributed by atoms with E-state index in [2.05, 4.69) is 21.3 Å². The maximum atomic E-state index is 12.4. The average Bonchev–Trinajstić information content (AvgIpc) is 3.20. The summed E-state index contributed by atoms with van der Waals surface area (Å²) in [6.45, 7) is 1.31. The summed E-state index contributed by atoms with van der Waals surface area (Å²) in [5, 5.41) is 19.3. The van der Waals surface area contributed by atoms with Crippen molar-refractivity contribution in [3.05, 3.63) is 108 Å². The van der Waals surface area contributed by atoms with Gasteiger partial charge in [-0.05, 0) is 55.2 Å². The van der Waals surface area contributed by atoms with E-state index in [1.807, 2.05) is 91.0 Å². The van der Waals surface area contributed by atoms with Crippen molar-refractivity contribution in [3.8, 4) is 0 Å². The fourth-order valence-corrected chi connectivity index (χ4v) is 5.19. The Labute approximate surface area is 320 Å². The molecule has 7 N–H and O–H groups in total. The Balaban J connectivity index is 0.000000360. The minimum absolute atomic E-state index is 0.185. The molecule has 3 atom stereocenters. The van der Waals surface area contributed by atoms with Gasteiger partial charge >= 0.3 is 24.1 Å². The Kier molecular flexibility index (Phi) is 19.8. The SMILES string of the molecule is NC(CCCNC(=O)OCc1ccccc1)C(=O)O.O=C(CCCCC1NC(=O)C(CCCNC(=O)OCc2ccccc2)NC1=O)OCc1ccccc1. The highest BCUT2D eigenvalue weighted by Gasteiger charge is 2.32. The van der Waals surface area contributed by atoms with Gasteiger partial charge in [-0.1, -0.05) is 97.4 Å². The number of nitrogens with two attached hydrogens (primary N) is 1. The Morgan fingerprint density at radius 1 is 0.618 bits per heavy atom. The molecular weight excluding hydrogens is 710 g/mol. The zero-order valence-corrected chi connectivity index (χ0v) is 30.8. The highest BCUT2D eigenvalue weighted by Crippen LogP contribution is 2.12. The van der Waals surface area contributed by atoms with Crippen molar-refractivity contribution < 1.29 is 48.1 Å². The molecule has 0 spiro atoms. The standard InChI is InChI=1S/C27H33N3O6.C13H18N2O4/c31-24(35-18-20-10-3-1-4-11-20)16-8-7-14-22-25(32)30-23(26(33)29-22)15-9-17-28-27(34)36-19-21-12-5-2-6-13-21;14-11(12(16)17)7-4-8-15-13(18)19-9-10-5-2-1-3-6-10/h1-6,10-13,22-23H,7-9,14-19H2,(H,28,34)(H,29,33)(H,30,32);1-3,5-6,11H,4,7-9,14H2,(H,15,18)(H,16,17). The quantitative estimate of drug-likeness (QED) is 0.0547. The second-order valence-corrected chi connectivity index (χ2v) is 12.7. The molecule has 1 aliphatic rings. The van der Waals surface area contributed by atoms with E-state index < -0.39 is 36.3 Å². The van der Waals surface area contributed by atoms with Crippen molar-refractivity contribution in [3.63, 3.8) is 0 Å². The summed E-state index contributed by atoms with van der Waals surface area (Å²) in [7, 11) is 0. The first-order valence-electron chi connectivity index (χ1n) is 18.3. The molecule has 0 radical (unpaired) electrons. The van der Waals surface area contributed by atoms with E-state index in [1.54, 1.807) is 0 Å². The zero-order valence-electron chi connectivity index (χ0n) is 30.8. The predicted octanol–water partition coefficient (Wildman–Crippen LogP) is 4.08. The molecule has 1 saturated heterocycles. The van der Waals surface area contributed by atoms with Gasteiger partial charge in [0.05, 0.1) is 0 Å². The van der Waals surface area contributed by atoms with E-state index in [9.17, 15) is 28.8 Å². The van der Waals surface area contributed by atoms with Gasteiger partial charge in [0.25, 0.3) is 0 Å². The highest BCUT2D eigenvalue weighted by molar-refractivity contribution is 5.96. The Hall–Kier alpha value is -5.96. The van der Waals surface area contributed by atoms with Crippen LogP contribution in [0.5, 0.6) is 0 Å². The van der Waals surface area contributed by atoms with Gasteiger partial charge in [-0.25, -0.2) is 9.59 Å². The van der Waals surface area contributed by atoms with Crippen LogP contribution in [0.25, 0.3) is 0 Å². The normalized spacial score (nSPS) is 15.1. The molecule has 3 unspecified atom stereocenters. The fraction of sp³-hybridized carbons (Fsp3) is 0.400. The smallest absolute Gasteiger partial charge is 0.407 e. The maximum absolute atomic E-state index is 12.4. The molecule has 15 heteroatoms. The zero-order chi connectivity index (χ0) is 39.7. The number of amides is 4. The molecule has 0 aliphatic carbocycles. The van der Waals surface area contributed by atoms with Crippen molar-refractivity contribution >= 4 is 35.9 Å². The monoisotopic (exact) mass is 761 g/mol. The Morgan fingerprint density at radius 3 is 1.49 bits per heavy atom. The van der Waals surface area contributed by atoms with Crippen LogP contribution in [0.15, 0.2) is 91.0 Å². The number of unbranched alkanes of at least 4 members (excludes halogenated alkanes) is 1. The molecule has 4 rings (SSSR count). The molecular formula is C40H51N5O10. The lowest BCUT2D eigenvalue weighted by atomic mass is 10.0. The van der Waals surface area contributed by atoms with Crippen LogP contribution in [-0.4, -0.2) is 72.3 Å². The first kappa shape index (κ1) is 43.4. The topological polar surface area (TPSA) is 224 Å². The predicted molar refractivity (Wildman–Crippen MR) is 202 cm³/mol. The van der Waals surface area contributed by atoms with E-state index in [4.69, 9.17) is 25.1 Å². The van der Waals surface area contributed by atoms with E-state index >= 15 is 0 Å². The van der Waals surface area contributed by atoms with Crippen molar-refractivity contribution in [2.45, 2.75) is 89.3 Å². The molecule has 296 valence electrons. The molecule has 0 aromatic heterocycles. The van der Waals surface area contributed by atoms with Gasteiger partial charge in [-0.3, -0.25) is 19.2 Å². The Morgan fingerprint density at radius 2 is 1.04 bits per heavy atom. The molecule has 1 heterocycles.